The number of methoxy groups -OCH3 is 1. The number of fused-ring (bicyclic) bond motifs is 2. The van der Waals surface area contributed by atoms with Gasteiger partial charge in [0.2, 0.25) is 0 Å². The van der Waals surface area contributed by atoms with Gasteiger partial charge in [0.15, 0.2) is 0 Å². The van der Waals surface area contributed by atoms with Crippen LogP contribution in [0.4, 0.5) is 0 Å². The SMILES string of the molecule is COC(C(C)C)C1CC2CCCC(C2)C1. The van der Waals surface area contributed by atoms with Gasteiger partial charge in [-0.2, -0.15) is 0 Å². The Balaban J connectivity index is 1.97. The van der Waals surface area contributed by atoms with Crippen LogP contribution >= 0.6 is 0 Å². The molecule has 15 heavy (non-hydrogen) atoms. The lowest BCUT2D eigenvalue weighted by molar-refractivity contribution is -0.0237. The molecule has 0 aromatic carbocycles. The Morgan fingerprint density at radius 3 is 2.07 bits per heavy atom. The minimum Gasteiger partial charge on any atom is -0.381 e. The summed E-state index contributed by atoms with van der Waals surface area (Å²) < 4.78 is 5.72. The summed E-state index contributed by atoms with van der Waals surface area (Å²) in [5.74, 6) is 3.58. The molecule has 2 aliphatic carbocycles. The molecule has 88 valence electrons. The summed E-state index contributed by atoms with van der Waals surface area (Å²) in [6, 6.07) is 0. The smallest absolute Gasteiger partial charge is 0.0622 e. The van der Waals surface area contributed by atoms with Crippen molar-refractivity contribution in [3.63, 3.8) is 0 Å². The normalized spacial score (nSPS) is 38.0. The number of hydrogen-bond acceptors (Lipinski definition) is 1. The van der Waals surface area contributed by atoms with Gasteiger partial charge in [-0.15, -0.1) is 0 Å². The van der Waals surface area contributed by atoms with Crippen LogP contribution in [0.25, 0.3) is 0 Å². The summed E-state index contributed by atoms with van der Waals surface area (Å²) in [4.78, 5) is 0. The molecular weight excluding hydrogens is 184 g/mol. The van der Waals surface area contributed by atoms with Crippen molar-refractivity contribution in [3.8, 4) is 0 Å². The van der Waals surface area contributed by atoms with E-state index < -0.39 is 0 Å². The van der Waals surface area contributed by atoms with Gasteiger partial charge < -0.3 is 4.74 Å². The van der Waals surface area contributed by atoms with E-state index in [1.165, 1.54) is 38.5 Å². The van der Waals surface area contributed by atoms with Crippen LogP contribution in [0.3, 0.4) is 0 Å². The Morgan fingerprint density at radius 1 is 1.00 bits per heavy atom. The van der Waals surface area contributed by atoms with Gasteiger partial charge in [0.1, 0.15) is 0 Å². The highest BCUT2D eigenvalue weighted by Crippen LogP contribution is 2.44. The van der Waals surface area contributed by atoms with Gasteiger partial charge >= 0.3 is 0 Å². The van der Waals surface area contributed by atoms with Gasteiger partial charge in [0, 0.05) is 7.11 Å². The molecule has 3 unspecified atom stereocenters. The molecule has 2 fully saturated rings. The highest BCUT2D eigenvalue weighted by Gasteiger charge is 2.36. The zero-order valence-electron chi connectivity index (χ0n) is 10.5. The van der Waals surface area contributed by atoms with Crippen molar-refractivity contribution < 1.29 is 4.74 Å². The first kappa shape index (κ1) is 11.4. The highest BCUT2D eigenvalue weighted by atomic mass is 16.5. The molecule has 0 amide bonds. The molecule has 0 aromatic heterocycles. The van der Waals surface area contributed by atoms with E-state index in [0.29, 0.717) is 12.0 Å². The van der Waals surface area contributed by atoms with Gasteiger partial charge in [-0.3, -0.25) is 0 Å². The lowest BCUT2D eigenvalue weighted by Gasteiger charge is -2.42. The van der Waals surface area contributed by atoms with Crippen LogP contribution in [0.5, 0.6) is 0 Å². The average molecular weight is 210 g/mol. The summed E-state index contributed by atoms with van der Waals surface area (Å²) in [6.07, 6.45) is 9.36. The van der Waals surface area contributed by atoms with Crippen LogP contribution in [0, 0.1) is 23.7 Å². The first-order valence-electron chi connectivity index (χ1n) is 6.73. The Kier molecular flexibility index (Phi) is 3.71. The minimum absolute atomic E-state index is 0.508. The molecular formula is C14H26O. The van der Waals surface area contributed by atoms with E-state index in [1.807, 2.05) is 7.11 Å². The molecule has 0 spiro atoms. The molecule has 1 heteroatoms. The fourth-order valence-electron chi connectivity index (χ4n) is 4.06. The molecule has 2 saturated carbocycles. The van der Waals surface area contributed by atoms with Gasteiger partial charge in [0.25, 0.3) is 0 Å². The van der Waals surface area contributed by atoms with Crippen molar-refractivity contribution >= 4 is 0 Å². The van der Waals surface area contributed by atoms with Gasteiger partial charge in [-0.05, 0) is 42.9 Å². The van der Waals surface area contributed by atoms with E-state index >= 15 is 0 Å². The lowest BCUT2D eigenvalue weighted by Crippen LogP contribution is -2.36. The summed E-state index contributed by atoms with van der Waals surface area (Å²) in [6.45, 7) is 4.61. The molecule has 0 aromatic rings. The average Bonchev–Trinajstić information content (AvgIpc) is 2.17. The zero-order chi connectivity index (χ0) is 10.8. The predicted molar refractivity (Wildman–Crippen MR) is 63.8 cm³/mol. The minimum atomic E-state index is 0.508. The summed E-state index contributed by atoms with van der Waals surface area (Å²) >= 11 is 0. The third-order valence-electron chi connectivity index (χ3n) is 4.56. The Bertz CT molecular complexity index is 188. The molecule has 0 heterocycles. The number of hydrogen-bond donors (Lipinski definition) is 0. The monoisotopic (exact) mass is 210 g/mol. The third-order valence-corrected chi connectivity index (χ3v) is 4.56. The standard InChI is InChI=1S/C14H26O/c1-10(2)14(15-3)13-8-11-5-4-6-12(7-11)9-13/h10-14H,4-9H2,1-3H3. The fraction of sp³-hybridized carbons (Fsp3) is 1.00. The maximum Gasteiger partial charge on any atom is 0.0622 e. The quantitative estimate of drug-likeness (QED) is 0.687. The second-order valence-corrected chi connectivity index (χ2v) is 6.07. The van der Waals surface area contributed by atoms with Gasteiger partial charge in [-0.25, -0.2) is 0 Å². The van der Waals surface area contributed by atoms with Crippen molar-refractivity contribution in [1.29, 1.82) is 0 Å². The number of ether oxygens (including phenoxy) is 1. The van der Waals surface area contributed by atoms with Crippen molar-refractivity contribution in [2.24, 2.45) is 23.7 Å². The largest absolute Gasteiger partial charge is 0.381 e. The molecule has 2 bridgehead atoms. The van der Waals surface area contributed by atoms with E-state index in [1.54, 1.807) is 0 Å². The molecule has 1 nitrogen and oxygen atoms in total. The van der Waals surface area contributed by atoms with Gasteiger partial charge in [-0.1, -0.05) is 33.1 Å². The van der Waals surface area contributed by atoms with E-state index in [-0.39, 0.29) is 0 Å². The van der Waals surface area contributed by atoms with Crippen LogP contribution in [0.15, 0.2) is 0 Å². The predicted octanol–water partition coefficient (Wildman–Crippen LogP) is 3.87. The summed E-state index contributed by atoms with van der Waals surface area (Å²) in [7, 11) is 1.90. The van der Waals surface area contributed by atoms with Crippen LogP contribution in [0.1, 0.15) is 52.4 Å². The molecule has 0 saturated heterocycles. The van der Waals surface area contributed by atoms with Crippen LogP contribution in [0.2, 0.25) is 0 Å². The Labute approximate surface area is 94.6 Å². The second-order valence-electron chi connectivity index (χ2n) is 6.07. The first-order valence-corrected chi connectivity index (χ1v) is 6.73. The van der Waals surface area contributed by atoms with Crippen LogP contribution in [-0.4, -0.2) is 13.2 Å². The molecule has 2 aliphatic rings. The van der Waals surface area contributed by atoms with E-state index in [4.69, 9.17) is 4.74 Å². The Hall–Kier alpha value is -0.0400. The maximum atomic E-state index is 5.72. The molecule has 0 aliphatic heterocycles. The summed E-state index contributed by atoms with van der Waals surface area (Å²) in [5, 5.41) is 0. The van der Waals surface area contributed by atoms with Crippen molar-refractivity contribution in [2.75, 3.05) is 7.11 Å². The van der Waals surface area contributed by atoms with Crippen LogP contribution in [-0.2, 0) is 4.74 Å². The van der Waals surface area contributed by atoms with Gasteiger partial charge in [0.05, 0.1) is 6.10 Å². The topological polar surface area (TPSA) is 9.23 Å². The molecule has 0 radical (unpaired) electrons. The van der Waals surface area contributed by atoms with Crippen molar-refractivity contribution in [1.82, 2.24) is 0 Å². The lowest BCUT2D eigenvalue weighted by atomic mass is 9.66. The fourth-order valence-corrected chi connectivity index (χ4v) is 4.06. The zero-order valence-corrected chi connectivity index (χ0v) is 10.5. The van der Waals surface area contributed by atoms with E-state index in [2.05, 4.69) is 13.8 Å². The van der Waals surface area contributed by atoms with Crippen LogP contribution < -0.4 is 0 Å². The third kappa shape index (κ3) is 2.55. The van der Waals surface area contributed by atoms with Crippen molar-refractivity contribution in [3.05, 3.63) is 0 Å². The maximum absolute atomic E-state index is 5.72. The van der Waals surface area contributed by atoms with E-state index in [0.717, 1.165) is 17.8 Å². The molecule has 0 N–H and O–H groups in total. The Morgan fingerprint density at radius 2 is 1.60 bits per heavy atom. The summed E-state index contributed by atoms with van der Waals surface area (Å²) in [5.41, 5.74) is 0. The molecule has 2 rings (SSSR count). The first-order chi connectivity index (χ1) is 7.20. The second kappa shape index (κ2) is 4.86. The van der Waals surface area contributed by atoms with Crippen molar-refractivity contribution in [2.45, 2.75) is 58.5 Å². The van der Waals surface area contributed by atoms with E-state index in [9.17, 15) is 0 Å². The molecule has 3 atom stereocenters. The number of rotatable bonds is 3. The highest BCUT2D eigenvalue weighted by molar-refractivity contribution is 4.87.